The van der Waals surface area contributed by atoms with Crippen molar-refractivity contribution in [2.24, 2.45) is 12.0 Å². The van der Waals surface area contributed by atoms with Gasteiger partial charge in [0.05, 0.1) is 13.1 Å². The Labute approximate surface area is 146 Å². The van der Waals surface area contributed by atoms with Crippen LogP contribution in [0.25, 0.3) is 0 Å². The van der Waals surface area contributed by atoms with Gasteiger partial charge in [-0.15, -0.1) is 35.3 Å². The molecule has 0 bridgehead atoms. The highest BCUT2D eigenvalue weighted by Gasteiger charge is 2.04. The van der Waals surface area contributed by atoms with Crippen LogP contribution in [0.15, 0.2) is 23.5 Å². The van der Waals surface area contributed by atoms with Crippen LogP contribution in [-0.2, 0) is 26.6 Å². The maximum absolute atomic E-state index is 4.20. The van der Waals surface area contributed by atoms with Gasteiger partial charge in [0.25, 0.3) is 0 Å². The van der Waals surface area contributed by atoms with Crippen LogP contribution < -0.4 is 10.6 Å². The van der Waals surface area contributed by atoms with Crippen molar-refractivity contribution in [3.63, 3.8) is 0 Å². The molecule has 0 aliphatic rings. The number of hydrogen-bond donors (Lipinski definition) is 2. The molecule has 2 rings (SSSR count). The van der Waals surface area contributed by atoms with E-state index in [0.29, 0.717) is 6.54 Å². The molecule has 8 heteroatoms. The summed E-state index contributed by atoms with van der Waals surface area (Å²) in [5.41, 5.74) is 0. The van der Waals surface area contributed by atoms with Gasteiger partial charge in [0.1, 0.15) is 12.2 Å². The topological polar surface area (TPSA) is 67.1 Å². The molecule has 2 aromatic heterocycles. The number of hydrogen-bond acceptors (Lipinski definition) is 4. The van der Waals surface area contributed by atoms with Gasteiger partial charge >= 0.3 is 0 Å². The predicted molar refractivity (Wildman–Crippen MR) is 97.2 cm³/mol. The standard InChI is InChI=1S/C13H20N6S.HI/c1-4-10-5-6-11(20-10)7-15-13(14-2)16-8-12-17-9-18-19(12)3;/h5-6,9H,4,7-8H2,1-3H3,(H2,14,15,16);1H. The maximum atomic E-state index is 4.20. The number of aryl methyl sites for hydroxylation is 2. The first-order chi connectivity index (χ1) is 9.72. The van der Waals surface area contributed by atoms with Crippen molar-refractivity contribution in [2.75, 3.05) is 7.05 Å². The van der Waals surface area contributed by atoms with Crippen molar-refractivity contribution in [2.45, 2.75) is 26.4 Å². The van der Waals surface area contributed by atoms with Crippen LogP contribution in [0.2, 0.25) is 0 Å². The molecular weight excluding hydrogens is 399 g/mol. The van der Waals surface area contributed by atoms with Crippen LogP contribution in [0.4, 0.5) is 0 Å². The Kier molecular flexibility index (Phi) is 7.65. The molecule has 0 saturated heterocycles. The molecule has 0 atom stereocenters. The number of rotatable bonds is 5. The number of halogens is 1. The van der Waals surface area contributed by atoms with E-state index in [4.69, 9.17) is 0 Å². The third-order valence-electron chi connectivity index (χ3n) is 2.94. The number of aromatic nitrogens is 3. The molecule has 6 nitrogen and oxygen atoms in total. The predicted octanol–water partition coefficient (Wildman–Crippen LogP) is 1.92. The van der Waals surface area contributed by atoms with E-state index in [-0.39, 0.29) is 24.0 Å². The van der Waals surface area contributed by atoms with E-state index in [1.165, 1.54) is 9.75 Å². The Hall–Kier alpha value is -1.16. The van der Waals surface area contributed by atoms with Crippen molar-refractivity contribution in [3.8, 4) is 0 Å². The fraction of sp³-hybridized carbons (Fsp3) is 0.462. The summed E-state index contributed by atoms with van der Waals surface area (Å²) in [6.07, 6.45) is 2.63. The molecule has 2 heterocycles. The highest BCUT2D eigenvalue weighted by Crippen LogP contribution is 2.16. The molecule has 0 fully saturated rings. The summed E-state index contributed by atoms with van der Waals surface area (Å²) in [4.78, 5) is 11.1. The average Bonchev–Trinajstić information content (AvgIpc) is 3.08. The second-order valence-corrected chi connectivity index (χ2v) is 5.55. The lowest BCUT2D eigenvalue weighted by molar-refractivity contribution is 0.673. The number of nitrogens with one attached hydrogen (secondary N) is 2. The summed E-state index contributed by atoms with van der Waals surface area (Å²) in [6, 6.07) is 4.34. The van der Waals surface area contributed by atoms with E-state index < -0.39 is 0 Å². The van der Waals surface area contributed by atoms with Crippen molar-refractivity contribution in [3.05, 3.63) is 34.0 Å². The molecular formula is C13H21IN6S. The van der Waals surface area contributed by atoms with Gasteiger partial charge in [-0.25, -0.2) is 4.98 Å². The quantitative estimate of drug-likeness (QED) is 0.441. The van der Waals surface area contributed by atoms with Gasteiger partial charge in [0.2, 0.25) is 0 Å². The fourth-order valence-electron chi connectivity index (χ4n) is 1.74. The van der Waals surface area contributed by atoms with Crippen LogP contribution in [0, 0.1) is 0 Å². The molecule has 21 heavy (non-hydrogen) atoms. The first kappa shape index (κ1) is 17.9. The van der Waals surface area contributed by atoms with E-state index in [1.54, 1.807) is 18.1 Å². The largest absolute Gasteiger partial charge is 0.352 e. The monoisotopic (exact) mass is 420 g/mol. The Morgan fingerprint density at radius 1 is 1.29 bits per heavy atom. The number of guanidine groups is 1. The van der Waals surface area contributed by atoms with Gasteiger partial charge in [-0.05, 0) is 18.6 Å². The van der Waals surface area contributed by atoms with Crippen molar-refractivity contribution >= 4 is 41.3 Å². The lowest BCUT2D eigenvalue weighted by Gasteiger charge is -2.10. The number of aliphatic imine (C=N–C) groups is 1. The zero-order valence-corrected chi connectivity index (χ0v) is 15.6. The molecule has 0 aliphatic heterocycles. The average molecular weight is 420 g/mol. The lowest BCUT2D eigenvalue weighted by Crippen LogP contribution is -2.36. The van der Waals surface area contributed by atoms with E-state index >= 15 is 0 Å². The zero-order valence-electron chi connectivity index (χ0n) is 12.5. The molecule has 0 radical (unpaired) electrons. The normalized spacial score (nSPS) is 11.1. The molecule has 0 aliphatic carbocycles. The second-order valence-electron chi connectivity index (χ2n) is 4.30. The third kappa shape index (κ3) is 5.27. The summed E-state index contributed by atoms with van der Waals surface area (Å²) in [7, 11) is 3.63. The Bertz CT molecular complexity index is 577. The Morgan fingerprint density at radius 3 is 2.57 bits per heavy atom. The molecule has 116 valence electrons. The summed E-state index contributed by atoms with van der Waals surface area (Å²) >= 11 is 1.83. The third-order valence-corrected chi connectivity index (χ3v) is 4.17. The lowest BCUT2D eigenvalue weighted by atomic mass is 10.4. The van der Waals surface area contributed by atoms with E-state index in [2.05, 4.69) is 44.8 Å². The Balaban J connectivity index is 0.00000220. The first-order valence-electron chi connectivity index (χ1n) is 6.58. The van der Waals surface area contributed by atoms with Gasteiger partial charge in [0.15, 0.2) is 5.96 Å². The Morgan fingerprint density at radius 2 is 2.00 bits per heavy atom. The van der Waals surface area contributed by atoms with Crippen molar-refractivity contribution in [1.82, 2.24) is 25.4 Å². The highest BCUT2D eigenvalue weighted by molar-refractivity contribution is 14.0. The van der Waals surface area contributed by atoms with Gasteiger partial charge < -0.3 is 10.6 Å². The SMILES string of the molecule is CCc1ccc(CNC(=NC)NCc2ncnn2C)s1.I. The fourth-order valence-corrected chi connectivity index (χ4v) is 2.64. The maximum Gasteiger partial charge on any atom is 0.191 e. The van der Waals surface area contributed by atoms with Crippen molar-refractivity contribution < 1.29 is 0 Å². The second kappa shape index (κ2) is 8.98. The minimum absolute atomic E-state index is 0. The smallest absolute Gasteiger partial charge is 0.191 e. The summed E-state index contributed by atoms with van der Waals surface area (Å²) in [5.74, 6) is 1.64. The minimum atomic E-state index is 0. The minimum Gasteiger partial charge on any atom is -0.352 e. The number of nitrogens with zero attached hydrogens (tertiary/aromatic N) is 4. The van der Waals surface area contributed by atoms with E-state index in [9.17, 15) is 0 Å². The van der Waals surface area contributed by atoms with Crippen LogP contribution in [0.1, 0.15) is 22.5 Å². The molecule has 0 saturated carbocycles. The van der Waals surface area contributed by atoms with Gasteiger partial charge in [0, 0.05) is 23.8 Å². The highest BCUT2D eigenvalue weighted by atomic mass is 127. The van der Waals surface area contributed by atoms with Crippen molar-refractivity contribution in [1.29, 1.82) is 0 Å². The molecule has 0 unspecified atom stereocenters. The van der Waals surface area contributed by atoms with Gasteiger partial charge in [-0.3, -0.25) is 9.67 Å². The van der Waals surface area contributed by atoms with E-state index in [1.807, 2.05) is 18.4 Å². The molecule has 2 N–H and O–H groups in total. The van der Waals surface area contributed by atoms with Gasteiger partial charge in [-0.1, -0.05) is 6.92 Å². The van der Waals surface area contributed by atoms with E-state index in [0.717, 1.165) is 24.7 Å². The van der Waals surface area contributed by atoms with Crippen LogP contribution >= 0.6 is 35.3 Å². The van der Waals surface area contributed by atoms with Crippen LogP contribution in [-0.4, -0.2) is 27.8 Å². The number of thiophene rings is 1. The molecule has 0 spiro atoms. The molecule has 0 aromatic carbocycles. The summed E-state index contributed by atoms with van der Waals surface area (Å²) < 4.78 is 1.74. The van der Waals surface area contributed by atoms with Gasteiger partial charge in [-0.2, -0.15) is 5.10 Å². The van der Waals surface area contributed by atoms with Crippen LogP contribution in [0.3, 0.4) is 0 Å². The summed E-state index contributed by atoms with van der Waals surface area (Å²) in [5, 5.41) is 10.6. The first-order valence-corrected chi connectivity index (χ1v) is 7.39. The zero-order chi connectivity index (χ0) is 14.4. The molecule has 0 amide bonds. The summed E-state index contributed by atoms with van der Waals surface area (Å²) in [6.45, 7) is 3.55. The molecule has 2 aromatic rings. The van der Waals surface area contributed by atoms with Crippen LogP contribution in [0.5, 0.6) is 0 Å².